The number of anilines is 1. The molecule has 0 aromatic heterocycles. The molecule has 3 rings (SSSR count). The fourth-order valence-corrected chi connectivity index (χ4v) is 2.85. The number of nitrogens with one attached hydrogen (secondary N) is 2. The van der Waals surface area contributed by atoms with Crippen molar-refractivity contribution < 1.29 is 19.2 Å². The van der Waals surface area contributed by atoms with Crippen LogP contribution in [-0.2, 0) is 9.59 Å². The predicted octanol–water partition coefficient (Wildman–Crippen LogP) is 2.21. The summed E-state index contributed by atoms with van der Waals surface area (Å²) < 4.78 is 0. The zero-order valence-electron chi connectivity index (χ0n) is 14.9. The molecule has 1 atom stereocenters. The van der Waals surface area contributed by atoms with Gasteiger partial charge in [0, 0.05) is 11.3 Å². The third kappa shape index (κ3) is 3.57. The average Bonchev–Trinajstić information content (AvgIpc) is 2.85. The van der Waals surface area contributed by atoms with E-state index in [0.29, 0.717) is 10.6 Å². The first-order valence-electron chi connectivity index (χ1n) is 8.42. The smallest absolute Gasteiger partial charge is 0.324 e. The Kier molecular flexibility index (Phi) is 4.77. The molecule has 2 aromatic rings. The van der Waals surface area contributed by atoms with Gasteiger partial charge in [-0.1, -0.05) is 48.5 Å². The third-order valence-electron chi connectivity index (χ3n) is 4.25. The molecule has 4 amide bonds. The Morgan fingerprint density at radius 3 is 2.04 bits per heavy atom. The number of amides is 4. The van der Waals surface area contributed by atoms with Crippen molar-refractivity contribution in [3.05, 3.63) is 66.2 Å². The van der Waals surface area contributed by atoms with Crippen molar-refractivity contribution in [2.24, 2.45) is 0 Å². The lowest BCUT2D eigenvalue weighted by molar-refractivity contribution is -0.134. The van der Waals surface area contributed by atoms with Gasteiger partial charge in [0.25, 0.3) is 11.8 Å². The molecule has 7 heteroatoms. The molecule has 1 saturated heterocycles. The summed E-state index contributed by atoms with van der Waals surface area (Å²) in [6.45, 7) is 3.04. The molecule has 1 unspecified atom stereocenters. The lowest BCUT2D eigenvalue weighted by Crippen LogP contribution is -2.53. The maximum absolute atomic E-state index is 13.0. The minimum Gasteiger partial charge on any atom is -0.324 e. The van der Waals surface area contributed by atoms with Gasteiger partial charge >= 0.3 is 6.03 Å². The van der Waals surface area contributed by atoms with Gasteiger partial charge in [0.2, 0.25) is 0 Å². The van der Waals surface area contributed by atoms with Crippen LogP contribution in [0.4, 0.5) is 10.5 Å². The lowest BCUT2D eigenvalue weighted by atomic mass is 10.00. The predicted molar refractivity (Wildman–Crippen MR) is 99.1 cm³/mol. The van der Waals surface area contributed by atoms with Crippen molar-refractivity contribution in [2.45, 2.75) is 25.4 Å². The molecule has 27 heavy (non-hydrogen) atoms. The number of hydrogen-bond acceptors (Lipinski definition) is 4. The summed E-state index contributed by atoms with van der Waals surface area (Å²) in [5, 5.41) is 5.11. The van der Waals surface area contributed by atoms with Gasteiger partial charge in [-0.15, -0.1) is 0 Å². The summed E-state index contributed by atoms with van der Waals surface area (Å²) in [7, 11) is 0. The van der Waals surface area contributed by atoms with Crippen LogP contribution in [-0.4, -0.2) is 40.1 Å². The Balaban J connectivity index is 1.99. The average molecular weight is 365 g/mol. The number of carbonyl (C=O) groups excluding carboxylic acids is 4. The van der Waals surface area contributed by atoms with Crippen molar-refractivity contribution in [1.29, 1.82) is 0 Å². The number of Topliss-reactive ketones (excluding diaryl/α,β-unsaturated/α-hetero) is 1. The Bertz CT molecular complexity index is 894. The number of rotatable bonds is 5. The van der Waals surface area contributed by atoms with E-state index < -0.39 is 35.2 Å². The van der Waals surface area contributed by atoms with Gasteiger partial charge < -0.3 is 10.6 Å². The molecular weight excluding hydrogens is 346 g/mol. The first-order chi connectivity index (χ1) is 12.8. The van der Waals surface area contributed by atoms with Crippen LogP contribution in [0.3, 0.4) is 0 Å². The number of benzene rings is 2. The van der Waals surface area contributed by atoms with Crippen molar-refractivity contribution in [3.8, 4) is 0 Å². The molecule has 0 saturated carbocycles. The normalized spacial score (nSPS) is 16.6. The second kappa shape index (κ2) is 7.03. The van der Waals surface area contributed by atoms with Gasteiger partial charge in [-0.25, -0.2) is 9.69 Å². The third-order valence-corrected chi connectivity index (χ3v) is 4.25. The number of imide groups is 1. The molecule has 2 aromatic carbocycles. The Morgan fingerprint density at radius 2 is 1.52 bits per heavy atom. The van der Waals surface area contributed by atoms with Crippen LogP contribution in [0.1, 0.15) is 24.2 Å². The summed E-state index contributed by atoms with van der Waals surface area (Å²) in [5.41, 5.74) is -0.505. The molecule has 0 radical (unpaired) electrons. The zero-order chi connectivity index (χ0) is 19.6. The highest BCUT2D eigenvalue weighted by Crippen LogP contribution is 2.22. The first kappa shape index (κ1) is 18.3. The van der Waals surface area contributed by atoms with Gasteiger partial charge in [0.05, 0.1) is 0 Å². The summed E-state index contributed by atoms with van der Waals surface area (Å²) >= 11 is 0. The highest BCUT2D eigenvalue weighted by atomic mass is 16.2. The molecule has 0 spiro atoms. The van der Waals surface area contributed by atoms with Gasteiger partial charge in [0.15, 0.2) is 11.8 Å². The SMILES string of the molecule is CC1(C)NC(=O)N(C(C(=O)Nc2ccccc2)C(=O)c2ccccc2)C1=O. The highest BCUT2D eigenvalue weighted by Gasteiger charge is 2.51. The second-order valence-electron chi connectivity index (χ2n) is 6.72. The topological polar surface area (TPSA) is 95.6 Å². The zero-order valence-corrected chi connectivity index (χ0v) is 14.9. The minimum absolute atomic E-state index is 0.232. The maximum Gasteiger partial charge on any atom is 0.326 e. The molecule has 1 fully saturated rings. The van der Waals surface area contributed by atoms with Gasteiger partial charge in [-0.2, -0.15) is 0 Å². The number of carbonyl (C=O) groups is 4. The lowest BCUT2D eigenvalue weighted by Gasteiger charge is -2.24. The van der Waals surface area contributed by atoms with Crippen LogP contribution in [0.5, 0.6) is 0 Å². The van der Waals surface area contributed by atoms with Crippen LogP contribution in [0.15, 0.2) is 60.7 Å². The summed E-state index contributed by atoms with van der Waals surface area (Å²) in [5.74, 6) is -2.02. The quantitative estimate of drug-likeness (QED) is 0.482. The summed E-state index contributed by atoms with van der Waals surface area (Å²) in [4.78, 5) is 51.7. The molecule has 0 aliphatic carbocycles. The monoisotopic (exact) mass is 365 g/mol. The van der Waals surface area contributed by atoms with Gasteiger partial charge in [-0.3, -0.25) is 14.4 Å². The van der Waals surface area contributed by atoms with Gasteiger partial charge in [0.1, 0.15) is 5.54 Å². The fourth-order valence-electron chi connectivity index (χ4n) is 2.85. The van der Waals surface area contributed by atoms with Crippen molar-refractivity contribution in [3.63, 3.8) is 0 Å². The molecule has 138 valence electrons. The fraction of sp³-hybridized carbons (Fsp3) is 0.200. The highest BCUT2D eigenvalue weighted by molar-refractivity contribution is 6.22. The van der Waals surface area contributed by atoms with Crippen molar-refractivity contribution >= 4 is 29.3 Å². The molecule has 7 nitrogen and oxygen atoms in total. The molecule has 0 bridgehead atoms. The van der Waals surface area contributed by atoms with Crippen LogP contribution < -0.4 is 10.6 Å². The summed E-state index contributed by atoms with van der Waals surface area (Å²) in [6.07, 6.45) is 0. The number of nitrogens with zero attached hydrogens (tertiary/aromatic N) is 1. The van der Waals surface area contributed by atoms with E-state index in [-0.39, 0.29) is 5.56 Å². The summed E-state index contributed by atoms with van der Waals surface area (Å²) in [6, 6.07) is 14.2. The molecular formula is C20H19N3O4. The van der Waals surface area contributed by atoms with E-state index in [1.807, 2.05) is 0 Å². The number of ketones is 1. The van der Waals surface area contributed by atoms with E-state index in [9.17, 15) is 19.2 Å². The van der Waals surface area contributed by atoms with Crippen LogP contribution in [0, 0.1) is 0 Å². The first-order valence-corrected chi connectivity index (χ1v) is 8.42. The maximum atomic E-state index is 13.0. The van der Waals surface area contributed by atoms with E-state index in [0.717, 1.165) is 0 Å². The van der Waals surface area contributed by atoms with E-state index in [1.54, 1.807) is 48.5 Å². The Hall–Kier alpha value is -3.48. The number of urea groups is 1. The van der Waals surface area contributed by atoms with Crippen molar-refractivity contribution in [1.82, 2.24) is 10.2 Å². The van der Waals surface area contributed by atoms with E-state index in [1.165, 1.54) is 26.0 Å². The Labute approximate surface area is 156 Å². The minimum atomic E-state index is -1.61. The van der Waals surface area contributed by atoms with E-state index in [2.05, 4.69) is 10.6 Å². The van der Waals surface area contributed by atoms with Crippen molar-refractivity contribution in [2.75, 3.05) is 5.32 Å². The number of hydrogen-bond donors (Lipinski definition) is 2. The second-order valence-corrected chi connectivity index (χ2v) is 6.72. The largest absolute Gasteiger partial charge is 0.326 e. The van der Waals surface area contributed by atoms with Gasteiger partial charge in [-0.05, 0) is 26.0 Å². The van der Waals surface area contributed by atoms with E-state index in [4.69, 9.17) is 0 Å². The Morgan fingerprint density at radius 1 is 0.963 bits per heavy atom. The molecule has 1 aliphatic heterocycles. The molecule has 1 aliphatic rings. The molecule has 1 heterocycles. The standard InChI is InChI=1S/C20H19N3O4/c1-20(2)18(26)23(19(27)22-20)15(16(24)13-9-5-3-6-10-13)17(25)21-14-11-7-4-8-12-14/h3-12,15H,1-2H3,(H,21,25)(H,22,27). The van der Waals surface area contributed by atoms with Crippen LogP contribution in [0.2, 0.25) is 0 Å². The number of para-hydroxylation sites is 1. The van der Waals surface area contributed by atoms with E-state index >= 15 is 0 Å². The van der Waals surface area contributed by atoms with Crippen LogP contribution in [0.25, 0.3) is 0 Å². The molecule has 2 N–H and O–H groups in total. The van der Waals surface area contributed by atoms with Crippen LogP contribution >= 0.6 is 0 Å².